The molecule has 6 nitrogen and oxygen atoms in total. The average Bonchev–Trinajstić information content (AvgIpc) is 3.10. The Morgan fingerprint density at radius 2 is 2.04 bits per heavy atom. The third kappa shape index (κ3) is 5.42. The number of nitrogens with zero attached hydrogens (tertiary/aromatic N) is 2. The van der Waals surface area contributed by atoms with Crippen LogP contribution in [0.3, 0.4) is 0 Å². The van der Waals surface area contributed by atoms with E-state index in [1.54, 1.807) is 36.5 Å². The first kappa shape index (κ1) is 19.1. The highest BCUT2D eigenvalue weighted by atomic mass is 35.5. The van der Waals surface area contributed by atoms with Crippen LogP contribution >= 0.6 is 22.9 Å². The van der Waals surface area contributed by atoms with Crippen LogP contribution in [-0.2, 0) is 24.4 Å². The summed E-state index contributed by atoms with van der Waals surface area (Å²) >= 11 is 7.28. The summed E-state index contributed by atoms with van der Waals surface area (Å²) in [6.07, 6.45) is 1.79. The Morgan fingerprint density at radius 1 is 1.26 bits per heavy atom. The summed E-state index contributed by atoms with van der Waals surface area (Å²) in [5.74, 6) is 0.520. The predicted molar refractivity (Wildman–Crippen MR) is 107 cm³/mol. The average molecular weight is 404 g/mol. The molecule has 3 rings (SSSR count). The van der Waals surface area contributed by atoms with E-state index in [-0.39, 0.29) is 17.9 Å². The molecule has 0 unspecified atom stereocenters. The molecule has 1 amide bonds. The van der Waals surface area contributed by atoms with Gasteiger partial charge in [0, 0.05) is 29.2 Å². The Kier molecular flexibility index (Phi) is 6.26. The molecule has 0 saturated heterocycles. The highest BCUT2D eigenvalue weighted by molar-refractivity contribution is 7.09. The van der Waals surface area contributed by atoms with Gasteiger partial charge in [0.1, 0.15) is 17.4 Å². The molecule has 0 bridgehead atoms. The minimum atomic E-state index is -0.188. The molecule has 0 aliphatic heterocycles. The highest BCUT2D eigenvalue weighted by Gasteiger charge is 2.09. The van der Waals surface area contributed by atoms with E-state index in [0.717, 1.165) is 5.01 Å². The lowest BCUT2D eigenvalue weighted by Crippen LogP contribution is -2.20. The molecule has 3 aromatic rings. The zero-order chi connectivity index (χ0) is 19.2. The Balaban J connectivity index is 1.54. The fourth-order valence-electron chi connectivity index (χ4n) is 2.39. The summed E-state index contributed by atoms with van der Waals surface area (Å²) in [6, 6.07) is 10.1. The maximum atomic E-state index is 12.2. The van der Waals surface area contributed by atoms with Crippen LogP contribution in [0, 0.1) is 0 Å². The van der Waals surface area contributed by atoms with Gasteiger partial charge >= 0.3 is 0 Å². The maximum Gasteiger partial charge on any atom is 0.250 e. The Morgan fingerprint density at radius 3 is 2.78 bits per heavy atom. The number of rotatable bonds is 7. The van der Waals surface area contributed by atoms with E-state index in [0.29, 0.717) is 35.3 Å². The number of hydrogen-bond acceptors (Lipinski definition) is 5. The minimum Gasteiger partial charge on any atom is -0.486 e. The normalized spacial score (nSPS) is 10.6. The molecular weight excluding hydrogens is 386 g/mol. The zero-order valence-electron chi connectivity index (χ0n) is 14.6. The smallest absolute Gasteiger partial charge is 0.250 e. The van der Waals surface area contributed by atoms with Crippen LogP contribution in [0.2, 0.25) is 5.02 Å². The van der Waals surface area contributed by atoms with Gasteiger partial charge in [-0.25, -0.2) is 4.98 Å². The second-order valence-electron chi connectivity index (χ2n) is 5.74. The first-order valence-corrected chi connectivity index (χ1v) is 9.61. The van der Waals surface area contributed by atoms with Crippen LogP contribution < -0.4 is 15.6 Å². The number of pyridine rings is 1. The van der Waals surface area contributed by atoms with Gasteiger partial charge in [0.25, 0.3) is 5.56 Å². The molecule has 0 atom stereocenters. The minimum absolute atomic E-state index is 0.0969. The van der Waals surface area contributed by atoms with E-state index >= 15 is 0 Å². The highest BCUT2D eigenvalue weighted by Crippen LogP contribution is 2.18. The van der Waals surface area contributed by atoms with Gasteiger partial charge in [-0.3, -0.25) is 9.59 Å². The van der Waals surface area contributed by atoms with Gasteiger partial charge in [-0.05, 0) is 37.3 Å². The zero-order valence-corrected chi connectivity index (χ0v) is 16.2. The van der Waals surface area contributed by atoms with Crippen molar-refractivity contribution in [2.45, 2.75) is 26.5 Å². The molecule has 0 aliphatic rings. The van der Waals surface area contributed by atoms with E-state index in [1.165, 1.54) is 22.0 Å². The van der Waals surface area contributed by atoms with Crippen molar-refractivity contribution in [2.24, 2.45) is 0 Å². The van der Waals surface area contributed by atoms with Crippen LogP contribution in [0.15, 0.2) is 52.8 Å². The molecule has 1 aromatic carbocycles. The molecule has 0 saturated carbocycles. The molecule has 2 heterocycles. The lowest BCUT2D eigenvalue weighted by Gasteiger charge is -2.07. The van der Waals surface area contributed by atoms with Crippen molar-refractivity contribution in [2.75, 3.05) is 5.32 Å². The van der Waals surface area contributed by atoms with E-state index in [2.05, 4.69) is 10.3 Å². The van der Waals surface area contributed by atoms with Crippen molar-refractivity contribution < 1.29 is 9.53 Å². The number of nitrogens with one attached hydrogen (secondary N) is 1. The second-order valence-corrected chi connectivity index (χ2v) is 7.12. The van der Waals surface area contributed by atoms with Crippen LogP contribution in [0.25, 0.3) is 0 Å². The van der Waals surface area contributed by atoms with E-state index in [1.807, 2.05) is 12.3 Å². The van der Waals surface area contributed by atoms with Gasteiger partial charge in [-0.1, -0.05) is 11.6 Å². The lowest BCUT2D eigenvalue weighted by atomic mass is 10.3. The van der Waals surface area contributed by atoms with Gasteiger partial charge in [0.15, 0.2) is 0 Å². The molecule has 0 fully saturated rings. The summed E-state index contributed by atoms with van der Waals surface area (Å²) in [5, 5.41) is 6.06. The summed E-state index contributed by atoms with van der Waals surface area (Å²) in [7, 11) is 0. The van der Waals surface area contributed by atoms with E-state index in [9.17, 15) is 9.59 Å². The standard InChI is InChI=1S/C19H18ClN3O3S/c1-2-23-10-14(5-8-19(23)25)21-17(24)9-15-12-27-18(22-15)11-26-16-6-3-13(20)4-7-16/h3-8,10,12H,2,9,11H2,1H3,(H,21,24). The van der Waals surface area contributed by atoms with E-state index in [4.69, 9.17) is 16.3 Å². The van der Waals surface area contributed by atoms with Crippen molar-refractivity contribution >= 4 is 34.5 Å². The van der Waals surface area contributed by atoms with Crippen molar-refractivity contribution in [3.05, 3.63) is 74.1 Å². The Bertz CT molecular complexity index is 982. The quantitative estimate of drug-likeness (QED) is 0.652. The maximum absolute atomic E-state index is 12.2. The largest absolute Gasteiger partial charge is 0.486 e. The van der Waals surface area contributed by atoms with E-state index < -0.39 is 0 Å². The van der Waals surface area contributed by atoms with Gasteiger partial charge < -0.3 is 14.6 Å². The number of carbonyl (C=O) groups excluding carboxylic acids is 1. The first-order valence-electron chi connectivity index (χ1n) is 8.35. The topological polar surface area (TPSA) is 73.2 Å². The van der Waals surface area contributed by atoms with Crippen molar-refractivity contribution in [3.8, 4) is 5.75 Å². The third-order valence-electron chi connectivity index (χ3n) is 3.72. The van der Waals surface area contributed by atoms with Gasteiger partial charge in [0.2, 0.25) is 5.91 Å². The molecule has 8 heteroatoms. The fourth-order valence-corrected chi connectivity index (χ4v) is 3.23. The number of aromatic nitrogens is 2. The number of carbonyl (C=O) groups is 1. The van der Waals surface area contributed by atoms with Crippen LogP contribution in [0.4, 0.5) is 5.69 Å². The molecule has 1 N–H and O–H groups in total. The number of thiazole rings is 1. The number of halogens is 1. The summed E-state index contributed by atoms with van der Waals surface area (Å²) in [6.45, 7) is 2.75. The van der Waals surface area contributed by atoms with Gasteiger partial charge in [-0.2, -0.15) is 0 Å². The molecule has 140 valence electrons. The molecule has 0 aliphatic carbocycles. The number of benzene rings is 1. The fraction of sp³-hybridized carbons (Fsp3) is 0.211. The number of aryl methyl sites for hydroxylation is 1. The second kappa shape index (κ2) is 8.83. The Hall–Kier alpha value is -2.64. The van der Waals surface area contributed by atoms with Crippen LogP contribution in [-0.4, -0.2) is 15.5 Å². The Labute approximate surface area is 165 Å². The third-order valence-corrected chi connectivity index (χ3v) is 4.85. The number of anilines is 1. The predicted octanol–water partition coefficient (Wildman–Crippen LogP) is 3.74. The summed E-state index contributed by atoms with van der Waals surface area (Å²) in [4.78, 5) is 28.2. The number of ether oxygens (including phenoxy) is 1. The van der Waals surface area contributed by atoms with Crippen molar-refractivity contribution in [1.82, 2.24) is 9.55 Å². The van der Waals surface area contributed by atoms with Crippen molar-refractivity contribution in [1.29, 1.82) is 0 Å². The molecule has 2 aromatic heterocycles. The molecule has 0 radical (unpaired) electrons. The van der Waals surface area contributed by atoms with Crippen LogP contribution in [0.5, 0.6) is 5.75 Å². The monoisotopic (exact) mass is 403 g/mol. The number of hydrogen-bond donors (Lipinski definition) is 1. The molecular formula is C19H18ClN3O3S. The molecule has 27 heavy (non-hydrogen) atoms. The lowest BCUT2D eigenvalue weighted by molar-refractivity contribution is -0.115. The van der Waals surface area contributed by atoms with Crippen molar-refractivity contribution in [3.63, 3.8) is 0 Å². The summed E-state index contributed by atoms with van der Waals surface area (Å²) in [5.41, 5.74) is 1.17. The first-order chi connectivity index (χ1) is 13.0. The summed E-state index contributed by atoms with van der Waals surface area (Å²) < 4.78 is 7.19. The molecule has 0 spiro atoms. The van der Waals surface area contributed by atoms with Gasteiger partial charge in [0.05, 0.1) is 17.8 Å². The van der Waals surface area contributed by atoms with Gasteiger partial charge in [-0.15, -0.1) is 11.3 Å². The van der Waals surface area contributed by atoms with Crippen LogP contribution in [0.1, 0.15) is 17.6 Å². The number of amides is 1. The SMILES string of the molecule is CCn1cc(NC(=O)Cc2csc(COc3ccc(Cl)cc3)n2)ccc1=O.